The van der Waals surface area contributed by atoms with Crippen LogP contribution in [0.25, 0.3) is 10.2 Å². The molecule has 1 N–H and O–H groups in total. The minimum atomic E-state index is -0.750. The molecule has 1 amide bonds. The second-order valence-corrected chi connectivity index (χ2v) is 9.18. The van der Waals surface area contributed by atoms with Crippen LogP contribution in [0.5, 0.6) is 0 Å². The van der Waals surface area contributed by atoms with E-state index in [1.807, 2.05) is 13.8 Å². The van der Waals surface area contributed by atoms with Gasteiger partial charge in [0.1, 0.15) is 23.7 Å². The van der Waals surface area contributed by atoms with Crippen molar-refractivity contribution in [3.05, 3.63) is 55.4 Å². The largest absolute Gasteiger partial charge is 0.468 e. The highest BCUT2D eigenvalue weighted by Gasteiger charge is 2.32. The normalized spacial score (nSPS) is 14.8. The van der Waals surface area contributed by atoms with Gasteiger partial charge >= 0.3 is 11.7 Å². The predicted molar refractivity (Wildman–Crippen MR) is 115 cm³/mol. The van der Waals surface area contributed by atoms with Crippen molar-refractivity contribution in [1.82, 2.24) is 14.5 Å². The average molecular weight is 461 g/mol. The lowest BCUT2D eigenvalue weighted by Crippen LogP contribution is -2.44. The molecule has 0 fully saturated rings. The number of hydrogen-bond acceptors (Lipinski definition) is 8. The summed E-state index contributed by atoms with van der Waals surface area (Å²) in [7, 11) is 1.18. The van der Waals surface area contributed by atoms with Gasteiger partial charge in [0.2, 0.25) is 5.91 Å². The number of furan rings is 1. The average Bonchev–Trinajstić information content (AvgIpc) is 3.39. The Labute approximate surface area is 186 Å². The van der Waals surface area contributed by atoms with Crippen LogP contribution in [0, 0.1) is 0 Å². The van der Waals surface area contributed by atoms with Gasteiger partial charge in [0.05, 0.1) is 37.5 Å². The Morgan fingerprint density at radius 3 is 2.72 bits per heavy atom. The van der Waals surface area contributed by atoms with E-state index < -0.39 is 35.3 Å². The quantitative estimate of drug-likeness (QED) is 0.547. The molecule has 0 atom stereocenters. The number of amides is 1. The van der Waals surface area contributed by atoms with Crippen LogP contribution in [-0.2, 0) is 51.7 Å². The summed E-state index contributed by atoms with van der Waals surface area (Å²) in [5.74, 6) is -0.598. The summed E-state index contributed by atoms with van der Waals surface area (Å²) in [6.45, 7) is 3.45. The molecule has 0 unspecified atom stereocenters. The van der Waals surface area contributed by atoms with E-state index in [0.717, 1.165) is 15.0 Å². The van der Waals surface area contributed by atoms with Gasteiger partial charge in [-0.1, -0.05) is 0 Å². The first-order valence-electron chi connectivity index (χ1n) is 9.98. The molecule has 0 radical (unpaired) electrons. The summed E-state index contributed by atoms with van der Waals surface area (Å²) in [6.07, 6.45) is 1.97. The Kier molecular flexibility index (Phi) is 5.78. The van der Waals surface area contributed by atoms with Gasteiger partial charge in [-0.05, 0) is 31.5 Å². The maximum absolute atomic E-state index is 13.3. The highest BCUT2D eigenvalue weighted by atomic mass is 32.1. The zero-order valence-electron chi connectivity index (χ0n) is 17.9. The number of carbonyl (C=O) groups is 2. The molecular formula is C21H23N3O7S. The summed E-state index contributed by atoms with van der Waals surface area (Å²) in [6, 6.07) is 3.42. The smallest absolute Gasteiger partial charge is 0.333 e. The molecule has 11 heteroatoms. The molecule has 3 aromatic heterocycles. The lowest BCUT2D eigenvalue weighted by molar-refractivity contribution is -0.141. The molecule has 32 heavy (non-hydrogen) atoms. The lowest BCUT2D eigenvalue weighted by Gasteiger charge is -2.29. The molecule has 0 bridgehead atoms. The highest BCUT2D eigenvalue weighted by molar-refractivity contribution is 7.18. The standard InChI is InChI=1S/C21H23N3O7S/c1-21(2)7-13-14(11-31-21)32-19-17(13)18(27)23(10-16(26)29-3)20(28)24(19)9-15(25)22-8-12-5-4-6-30-12/h4-6H,7-11H2,1-3H3,(H,22,25). The second-order valence-electron chi connectivity index (χ2n) is 8.10. The number of nitrogens with one attached hydrogen (secondary N) is 1. The molecule has 0 aromatic carbocycles. The number of aromatic nitrogens is 2. The third-order valence-corrected chi connectivity index (χ3v) is 6.52. The number of hydrogen-bond donors (Lipinski definition) is 1. The molecule has 4 heterocycles. The Bertz CT molecular complexity index is 1300. The van der Waals surface area contributed by atoms with Crippen molar-refractivity contribution in [2.45, 2.75) is 52.1 Å². The fourth-order valence-corrected chi connectivity index (χ4v) is 4.89. The van der Waals surface area contributed by atoms with E-state index >= 15 is 0 Å². The molecule has 0 aliphatic carbocycles. The van der Waals surface area contributed by atoms with Gasteiger partial charge in [0, 0.05) is 11.3 Å². The van der Waals surface area contributed by atoms with Crippen molar-refractivity contribution >= 4 is 33.4 Å². The minimum Gasteiger partial charge on any atom is -0.468 e. The Balaban J connectivity index is 1.80. The van der Waals surface area contributed by atoms with Crippen LogP contribution >= 0.6 is 11.3 Å². The molecular weight excluding hydrogens is 438 g/mol. The van der Waals surface area contributed by atoms with Crippen molar-refractivity contribution in [3.8, 4) is 0 Å². The Morgan fingerprint density at radius 2 is 2.03 bits per heavy atom. The number of carbonyl (C=O) groups excluding carboxylic acids is 2. The molecule has 0 saturated carbocycles. The molecule has 0 spiro atoms. The van der Waals surface area contributed by atoms with E-state index in [0.29, 0.717) is 29.0 Å². The van der Waals surface area contributed by atoms with Gasteiger partial charge in [0.15, 0.2) is 0 Å². The van der Waals surface area contributed by atoms with Crippen LogP contribution in [0.15, 0.2) is 32.4 Å². The fourth-order valence-electron chi connectivity index (χ4n) is 3.67. The zero-order valence-corrected chi connectivity index (χ0v) is 18.7. The van der Waals surface area contributed by atoms with Gasteiger partial charge < -0.3 is 19.2 Å². The highest BCUT2D eigenvalue weighted by Crippen LogP contribution is 2.37. The van der Waals surface area contributed by atoms with Crippen LogP contribution < -0.4 is 16.6 Å². The number of esters is 1. The lowest BCUT2D eigenvalue weighted by atomic mass is 9.94. The first-order chi connectivity index (χ1) is 15.2. The predicted octanol–water partition coefficient (Wildman–Crippen LogP) is 1.16. The van der Waals surface area contributed by atoms with Gasteiger partial charge in [-0.3, -0.25) is 19.0 Å². The van der Waals surface area contributed by atoms with Crippen molar-refractivity contribution in [2.75, 3.05) is 7.11 Å². The Morgan fingerprint density at radius 1 is 1.25 bits per heavy atom. The summed E-state index contributed by atoms with van der Waals surface area (Å²) < 4.78 is 17.8. The fraction of sp³-hybridized carbons (Fsp3) is 0.429. The number of thiophene rings is 1. The molecule has 0 saturated heterocycles. The molecule has 10 nitrogen and oxygen atoms in total. The van der Waals surface area contributed by atoms with Crippen LogP contribution in [0.3, 0.4) is 0 Å². The number of ether oxygens (including phenoxy) is 2. The van der Waals surface area contributed by atoms with E-state index in [2.05, 4.69) is 10.1 Å². The van der Waals surface area contributed by atoms with Crippen LogP contribution in [0.1, 0.15) is 30.0 Å². The first-order valence-corrected chi connectivity index (χ1v) is 10.8. The van der Waals surface area contributed by atoms with Crippen molar-refractivity contribution in [2.24, 2.45) is 0 Å². The van der Waals surface area contributed by atoms with Gasteiger partial charge in [-0.25, -0.2) is 9.36 Å². The van der Waals surface area contributed by atoms with Gasteiger partial charge in [0.25, 0.3) is 5.56 Å². The zero-order chi connectivity index (χ0) is 23.0. The summed E-state index contributed by atoms with van der Waals surface area (Å²) in [5, 5.41) is 3.03. The van der Waals surface area contributed by atoms with Crippen molar-refractivity contribution < 1.29 is 23.5 Å². The van der Waals surface area contributed by atoms with Gasteiger partial charge in [-0.15, -0.1) is 11.3 Å². The monoisotopic (exact) mass is 461 g/mol. The van der Waals surface area contributed by atoms with Crippen LogP contribution in [0.2, 0.25) is 0 Å². The van der Waals surface area contributed by atoms with E-state index in [4.69, 9.17) is 9.15 Å². The van der Waals surface area contributed by atoms with E-state index in [1.165, 1.54) is 29.3 Å². The van der Waals surface area contributed by atoms with E-state index in [9.17, 15) is 19.2 Å². The molecule has 170 valence electrons. The molecule has 4 rings (SSSR count). The molecule has 1 aliphatic rings. The maximum atomic E-state index is 13.3. The first kappa shape index (κ1) is 22.0. The minimum absolute atomic E-state index is 0.161. The number of methoxy groups -OCH3 is 1. The van der Waals surface area contributed by atoms with E-state index in [1.54, 1.807) is 12.1 Å². The van der Waals surface area contributed by atoms with Crippen molar-refractivity contribution in [3.63, 3.8) is 0 Å². The van der Waals surface area contributed by atoms with Crippen molar-refractivity contribution in [1.29, 1.82) is 0 Å². The summed E-state index contributed by atoms with van der Waals surface area (Å²) in [4.78, 5) is 52.1. The van der Waals surface area contributed by atoms with Crippen LogP contribution in [0.4, 0.5) is 0 Å². The summed E-state index contributed by atoms with van der Waals surface area (Å²) in [5.41, 5.74) is -1.02. The Hall–Kier alpha value is -3.18. The number of nitrogens with zero attached hydrogens (tertiary/aromatic N) is 2. The third-order valence-electron chi connectivity index (χ3n) is 5.29. The van der Waals surface area contributed by atoms with E-state index in [-0.39, 0.29) is 13.1 Å². The van der Waals surface area contributed by atoms with Gasteiger partial charge in [-0.2, -0.15) is 0 Å². The number of fused-ring (bicyclic) bond motifs is 3. The summed E-state index contributed by atoms with van der Waals surface area (Å²) >= 11 is 1.26. The topological polar surface area (TPSA) is 122 Å². The molecule has 3 aromatic rings. The second kappa shape index (κ2) is 8.40. The maximum Gasteiger partial charge on any atom is 0.333 e. The number of rotatable bonds is 6. The van der Waals surface area contributed by atoms with Crippen LogP contribution in [-0.4, -0.2) is 33.7 Å². The SMILES string of the molecule is COC(=O)Cn1c(=O)c2c3c(sc2n(CC(=O)NCc2ccco2)c1=O)COC(C)(C)C3. The molecule has 1 aliphatic heterocycles. The third kappa shape index (κ3) is 4.13.